The Morgan fingerprint density at radius 1 is 1.35 bits per heavy atom. The summed E-state index contributed by atoms with van der Waals surface area (Å²) >= 11 is 0. The SMILES string of the molecule is C[C@H](NC(=O)CC(C)(C)C(=O)O)C1CCCC1. The van der Waals surface area contributed by atoms with E-state index in [2.05, 4.69) is 5.32 Å². The van der Waals surface area contributed by atoms with Crippen molar-refractivity contribution in [2.75, 3.05) is 0 Å². The van der Waals surface area contributed by atoms with Crippen molar-refractivity contribution in [2.24, 2.45) is 11.3 Å². The molecular weight excluding hydrogens is 218 g/mol. The lowest BCUT2D eigenvalue weighted by Gasteiger charge is -2.23. The molecule has 0 saturated heterocycles. The number of rotatable bonds is 5. The lowest BCUT2D eigenvalue weighted by atomic mass is 9.89. The Bertz CT molecular complexity index is 293. The molecule has 1 fully saturated rings. The van der Waals surface area contributed by atoms with Crippen LogP contribution in [-0.4, -0.2) is 23.0 Å². The summed E-state index contributed by atoms with van der Waals surface area (Å²) in [4.78, 5) is 22.7. The topological polar surface area (TPSA) is 66.4 Å². The van der Waals surface area contributed by atoms with Crippen LogP contribution in [0.1, 0.15) is 52.9 Å². The first-order valence-corrected chi connectivity index (χ1v) is 6.35. The van der Waals surface area contributed by atoms with Crippen molar-refractivity contribution >= 4 is 11.9 Å². The average Bonchev–Trinajstić information content (AvgIpc) is 2.68. The van der Waals surface area contributed by atoms with Gasteiger partial charge in [0.2, 0.25) is 5.91 Å². The van der Waals surface area contributed by atoms with Crippen molar-refractivity contribution in [3.8, 4) is 0 Å². The van der Waals surface area contributed by atoms with Crippen LogP contribution in [-0.2, 0) is 9.59 Å². The lowest BCUT2D eigenvalue weighted by Crippen LogP contribution is -2.40. The van der Waals surface area contributed by atoms with Gasteiger partial charge >= 0.3 is 5.97 Å². The molecule has 0 aromatic carbocycles. The maximum atomic E-state index is 11.8. The van der Waals surface area contributed by atoms with E-state index in [9.17, 15) is 9.59 Å². The van der Waals surface area contributed by atoms with Crippen molar-refractivity contribution in [1.82, 2.24) is 5.32 Å². The fraction of sp³-hybridized carbons (Fsp3) is 0.846. The minimum Gasteiger partial charge on any atom is -0.481 e. The van der Waals surface area contributed by atoms with Crippen molar-refractivity contribution in [3.63, 3.8) is 0 Å². The summed E-state index contributed by atoms with van der Waals surface area (Å²) in [6, 6.07) is 0.162. The summed E-state index contributed by atoms with van der Waals surface area (Å²) in [5, 5.41) is 11.9. The summed E-state index contributed by atoms with van der Waals surface area (Å²) in [6.07, 6.45) is 4.87. The zero-order valence-electron chi connectivity index (χ0n) is 11.0. The molecule has 4 heteroatoms. The minimum atomic E-state index is -0.987. The van der Waals surface area contributed by atoms with Crippen LogP contribution in [0.5, 0.6) is 0 Å². The van der Waals surface area contributed by atoms with E-state index in [4.69, 9.17) is 5.11 Å². The molecular formula is C13H23NO3. The van der Waals surface area contributed by atoms with Crippen LogP contribution >= 0.6 is 0 Å². The number of carboxylic acid groups (broad SMARTS) is 1. The molecule has 0 unspecified atom stereocenters. The van der Waals surface area contributed by atoms with E-state index in [0.717, 1.165) is 0 Å². The number of carboxylic acids is 1. The molecule has 1 aliphatic carbocycles. The van der Waals surface area contributed by atoms with Gasteiger partial charge < -0.3 is 10.4 Å². The third-order valence-corrected chi connectivity index (χ3v) is 3.68. The molecule has 4 nitrogen and oxygen atoms in total. The molecule has 0 radical (unpaired) electrons. The van der Waals surface area contributed by atoms with Crippen LogP contribution in [0.2, 0.25) is 0 Å². The lowest BCUT2D eigenvalue weighted by molar-refractivity contribution is -0.149. The smallest absolute Gasteiger partial charge is 0.309 e. The summed E-state index contributed by atoms with van der Waals surface area (Å²) in [5.74, 6) is -0.523. The normalized spacial score (nSPS) is 19.0. The maximum Gasteiger partial charge on any atom is 0.309 e. The van der Waals surface area contributed by atoms with Gasteiger partial charge in [-0.3, -0.25) is 9.59 Å². The fourth-order valence-electron chi connectivity index (χ4n) is 2.36. The van der Waals surface area contributed by atoms with E-state index in [1.54, 1.807) is 13.8 Å². The molecule has 1 rings (SSSR count). The predicted octanol–water partition coefficient (Wildman–Crippen LogP) is 2.18. The third-order valence-electron chi connectivity index (χ3n) is 3.68. The summed E-state index contributed by atoms with van der Waals surface area (Å²) < 4.78 is 0. The zero-order chi connectivity index (χ0) is 13.1. The Kier molecular flexibility index (Phi) is 4.54. The predicted molar refractivity (Wildman–Crippen MR) is 65.6 cm³/mol. The fourth-order valence-corrected chi connectivity index (χ4v) is 2.36. The van der Waals surface area contributed by atoms with E-state index in [1.807, 2.05) is 6.92 Å². The first-order valence-electron chi connectivity index (χ1n) is 6.35. The average molecular weight is 241 g/mol. The Morgan fingerprint density at radius 3 is 2.35 bits per heavy atom. The molecule has 98 valence electrons. The number of carbonyl (C=O) groups is 2. The van der Waals surface area contributed by atoms with E-state index >= 15 is 0 Å². The monoisotopic (exact) mass is 241 g/mol. The van der Waals surface area contributed by atoms with Gasteiger partial charge in [0.1, 0.15) is 0 Å². The molecule has 1 saturated carbocycles. The Balaban J connectivity index is 2.41. The van der Waals surface area contributed by atoms with Crippen molar-refractivity contribution < 1.29 is 14.7 Å². The van der Waals surface area contributed by atoms with Gasteiger partial charge in [-0.25, -0.2) is 0 Å². The van der Waals surface area contributed by atoms with Gasteiger partial charge in [0.15, 0.2) is 0 Å². The summed E-state index contributed by atoms with van der Waals surface area (Å²) in [7, 11) is 0. The highest BCUT2D eigenvalue weighted by atomic mass is 16.4. The van der Waals surface area contributed by atoms with E-state index < -0.39 is 11.4 Å². The van der Waals surface area contributed by atoms with Gasteiger partial charge in [-0.1, -0.05) is 12.8 Å². The van der Waals surface area contributed by atoms with Gasteiger partial charge in [-0.2, -0.15) is 0 Å². The van der Waals surface area contributed by atoms with Crippen LogP contribution in [0.15, 0.2) is 0 Å². The second kappa shape index (κ2) is 5.52. The largest absolute Gasteiger partial charge is 0.481 e. The Morgan fingerprint density at radius 2 is 1.88 bits per heavy atom. The summed E-state index contributed by atoms with van der Waals surface area (Å²) in [5.41, 5.74) is -0.987. The molecule has 17 heavy (non-hydrogen) atoms. The van der Waals surface area contributed by atoms with Crippen molar-refractivity contribution in [2.45, 2.75) is 58.9 Å². The molecule has 0 aromatic rings. The van der Waals surface area contributed by atoms with Gasteiger partial charge in [-0.15, -0.1) is 0 Å². The van der Waals surface area contributed by atoms with Crippen LogP contribution in [0.25, 0.3) is 0 Å². The van der Waals surface area contributed by atoms with E-state index in [1.165, 1.54) is 25.7 Å². The number of aliphatic carboxylic acids is 1. The highest BCUT2D eigenvalue weighted by molar-refractivity contribution is 5.84. The second-order valence-corrected chi connectivity index (χ2v) is 5.77. The Labute approximate surface area is 103 Å². The van der Waals surface area contributed by atoms with Gasteiger partial charge in [0.05, 0.1) is 5.41 Å². The molecule has 1 amide bonds. The molecule has 0 spiro atoms. The quantitative estimate of drug-likeness (QED) is 0.775. The van der Waals surface area contributed by atoms with Gasteiger partial charge in [0.25, 0.3) is 0 Å². The zero-order valence-corrected chi connectivity index (χ0v) is 11.0. The number of nitrogens with one attached hydrogen (secondary N) is 1. The molecule has 0 bridgehead atoms. The van der Waals surface area contributed by atoms with Crippen LogP contribution < -0.4 is 5.32 Å². The number of hydrogen-bond donors (Lipinski definition) is 2. The van der Waals surface area contributed by atoms with Crippen molar-refractivity contribution in [3.05, 3.63) is 0 Å². The molecule has 0 heterocycles. The molecule has 1 aliphatic rings. The standard InChI is InChI=1S/C13H23NO3/c1-9(10-6-4-5-7-10)14-11(15)8-13(2,3)12(16)17/h9-10H,4-8H2,1-3H3,(H,14,15)(H,16,17)/t9-/m0/s1. The molecule has 0 aliphatic heterocycles. The third kappa shape index (κ3) is 4.02. The van der Waals surface area contributed by atoms with Crippen LogP contribution in [0.3, 0.4) is 0 Å². The van der Waals surface area contributed by atoms with Gasteiger partial charge in [-0.05, 0) is 39.5 Å². The first-order chi connectivity index (χ1) is 7.83. The molecule has 2 N–H and O–H groups in total. The van der Waals surface area contributed by atoms with Crippen LogP contribution in [0, 0.1) is 11.3 Å². The van der Waals surface area contributed by atoms with Crippen LogP contribution in [0.4, 0.5) is 0 Å². The second-order valence-electron chi connectivity index (χ2n) is 5.77. The van der Waals surface area contributed by atoms with Gasteiger partial charge in [0, 0.05) is 12.5 Å². The first kappa shape index (κ1) is 14.0. The number of carbonyl (C=O) groups excluding carboxylic acids is 1. The summed E-state index contributed by atoms with van der Waals surface area (Å²) in [6.45, 7) is 5.17. The van der Waals surface area contributed by atoms with E-state index in [0.29, 0.717) is 5.92 Å². The highest BCUT2D eigenvalue weighted by Gasteiger charge is 2.31. The van der Waals surface area contributed by atoms with Crippen molar-refractivity contribution in [1.29, 1.82) is 0 Å². The Hall–Kier alpha value is -1.06. The maximum absolute atomic E-state index is 11.8. The number of amides is 1. The molecule has 1 atom stereocenters. The van der Waals surface area contributed by atoms with E-state index in [-0.39, 0.29) is 18.4 Å². The molecule has 0 aromatic heterocycles. The highest BCUT2D eigenvalue weighted by Crippen LogP contribution is 2.28. The minimum absolute atomic E-state index is 0.0411. The number of hydrogen-bond acceptors (Lipinski definition) is 2.